The summed E-state index contributed by atoms with van der Waals surface area (Å²) in [5, 5.41) is 11.4. The molecule has 0 aromatic rings. The predicted octanol–water partition coefficient (Wildman–Crippen LogP) is -0.0493. The summed E-state index contributed by atoms with van der Waals surface area (Å²) in [5.41, 5.74) is 4.11. The summed E-state index contributed by atoms with van der Waals surface area (Å²) >= 11 is 0. The summed E-state index contributed by atoms with van der Waals surface area (Å²) in [6.07, 6.45) is 0.339. The molecule has 14 heavy (non-hydrogen) atoms. The molecule has 0 radical (unpaired) electrons. The molecule has 0 bridgehead atoms. The van der Waals surface area contributed by atoms with Crippen molar-refractivity contribution in [3.05, 3.63) is 0 Å². The number of nitrogens with one attached hydrogen (secondary N) is 1. The van der Waals surface area contributed by atoms with E-state index in [9.17, 15) is 9.59 Å². The van der Waals surface area contributed by atoms with Gasteiger partial charge < -0.3 is 16.2 Å². The van der Waals surface area contributed by atoms with Gasteiger partial charge in [-0.3, -0.25) is 4.79 Å². The number of hydrogen-bond acceptors (Lipinski definition) is 3. The largest absolute Gasteiger partial charge is 0.480 e. The number of carbonyl (C=O) groups excluding carboxylic acids is 1. The first-order valence-electron chi connectivity index (χ1n) is 4.63. The molecule has 5 heteroatoms. The Morgan fingerprint density at radius 1 is 1.57 bits per heavy atom. The fourth-order valence-corrected chi connectivity index (χ4v) is 0.795. The van der Waals surface area contributed by atoms with E-state index in [1.807, 2.05) is 0 Å². The molecular formula is C9H18N2O3. The molecule has 0 aliphatic carbocycles. The first-order chi connectivity index (χ1) is 6.37. The zero-order valence-electron chi connectivity index (χ0n) is 8.83. The number of nitrogens with two attached hydrogens (primary N) is 1. The van der Waals surface area contributed by atoms with E-state index in [0.717, 1.165) is 0 Å². The maximum absolute atomic E-state index is 11.4. The molecule has 0 aliphatic heterocycles. The highest BCUT2D eigenvalue weighted by Crippen LogP contribution is 2.10. The molecule has 0 spiro atoms. The van der Waals surface area contributed by atoms with Crippen LogP contribution >= 0.6 is 0 Å². The van der Waals surface area contributed by atoms with Gasteiger partial charge in [-0.15, -0.1) is 0 Å². The molecule has 0 aromatic heterocycles. The van der Waals surface area contributed by atoms with Gasteiger partial charge in [-0.1, -0.05) is 13.8 Å². The topological polar surface area (TPSA) is 92.4 Å². The minimum Gasteiger partial charge on any atom is -0.480 e. The van der Waals surface area contributed by atoms with Gasteiger partial charge in [0, 0.05) is 12.5 Å². The number of carboxylic acid groups (broad SMARTS) is 1. The molecule has 0 aliphatic rings. The van der Waals surface area contributed by atoms with Gasteiger partial charge in [0.15, 0.2) is 0 Å². The predicted molar refractivity (Wildman–Crippen MR) is 52.7 cm³/mol. The van der Waals surface area contributed by atoms with Crippen molar-refractivity contribution in [2.45, 2.75) is 32.7 Å². The molecule has 5 nitrogen and oxygen atoms in total. The summed E-state index contributed by atoms with van der Waals surface area (Å²) < 4.78 is 0. The van der Waals surface area contributed by atoms with Crippen LogP contribution in [0.25, 0.3) is 0 Å². The number of amides is 1. The third kappa shape index (κ3) is 2.99. The first-order valence-corrected chi connectivity index (χ1v) is 4.63. The molecule has 0 saturated heterocycles. The van der Waals surface area contributed by atoms with Gasteiger partial charge in [0.1, 0.15) is 5.54 Å². The smallest absolute Gasteiger partial charge is 0.329 e. The van der Waals surface area contributed by atoms with E-state index < -0.39 is 11.5 Å². The Balaban J connectivity index is 4.47. The van der Waals surface area contributed by atoms with Crippen molar-refractivity contribution in [2.75, 3.05) is 6.54 Å². The highest BCUT2D eigenvalue weighted by atomic mass is 16.4. The average molecular weight is 202 g/mol. The summed E-state index contributed by atoms with van der Waals surface area (Å²) in [7, 11) is 0. The Labute approximate surface area is 83.7 Å². The van der Waals surface area contributed by atoms with Crippen LogP contribution in [-0.4, -0.2) is 29.1 Å². The van der Waals surface area contributed by atoms with E-state index in [1.54, 1.807) is 13.8 Å². The molecular weight excluding hydrogens is 184 g/mol. The fourth-order valence-electron chi connectivity index (χ4n) is 0.795. The van der Waals surface area contributed by atoms with Gasteiger partial charge >= 0.3 is 5.97 Å². The van der Waals surface area contributed by atoms with Crippen LogP contribution in [0.5, 0.6) is 0 Å². The van der Waals surface area contributed by atoms with E-state index in [-0.39, 0.29) is 18.4 Å². The Bertz CT molecular complexity index is 230. The lowest BCUT2D eigenvalue weighted by Crippen LogP contribution is -2.53. The van der Waals surface area contributed by atoms with Crippen LogP contribution in [-0.2, 0) is 9.59 Å². The van der Waals surface area contributed by atoms with Crippen LogP contribution in [0.1, 0.15) is 27.2 Å². The van der Waals surface area contributed by atoms with Crippen LogP contribution in [0.15, 0.2) is 0 Å². The van der Waals surface area contributed by atoms with Crippen molar-refractivity contribution in [1.29, 1.82) is 0 Å². The zero-order chi connectivity index (χ0) is 11.4. The van der Waals surface area contributed by atoms with Gasteiger partial charge in [0.25, 0.3) is 0 Å². The Kier molecular flexibility index (Phi) is 4.56. The number of carboxylic acids is 1. The summed E-state index contributed by atoms with van der Waals surface area (Å²) in [6.45, 7) is 5.07. The molecule has 2 unspecified atom stereocenters. The third-order valence-corrected chi connectivity index (χ3v) is 2.38. The van der Waals surface area contributed by atoms with E-state index in [0.29, 0.717) is 6.42 Å². The number of hydrogen-bond donors (Lipinski definition) is 3. The highest BCUT2D eigenvalue weighted by Gasteiger charge is 2.33. The van der Waals surface area contributed by atoms with Crippen molar-refractivity contribution in [3.63, 3.8) is 0 Å². The van der Waals surface area contributed by atoms with Crippen LogP contribution in [0.4, 0.5) is 0 Å². The standard InChI is InChI=1S/C9H18N2O3/c1-4-9(3,8(13)14)11-7(12)6(2)5-10/h6H,4-5,10H2,1-3H3,(H,11,12)(H,13,14). The van der Waals surface area contributed by atoms with Gasteiger partial charge in [-0.2, -0.15) is 0 Å². The monoisotopic (exact) mass is 202 g/mol. The van der Waals surface area contributed by atoms with Crippen LogP contribution in [0, 0.1) is 5.92 Å². The van der Waals surface area contributed by atoms with Crippen molar-refractivity contribution in [1.82, 2.24) is 5.32 Å². The number of aliphatic carboxylic acids is 1. The Morgan fingerprint density at radius 2 is 2.07 bits per heavy atom. The van der Waals surface area contributed by atoms with Crippen LogP contribution in [0.3, 0.4) is 0 Å². The van der Waals surface area contributed by atoms with Gasteiger partial charge in [-0.05, 0) is 13.3 Å². The maximum Gasteiger partial charge on any atom is 0.329 e. The zero-order valence-corrected chi connectivity index (χ0v) is 8.83. The fraction of sp³-hybridized carbons (Fsp3) is 0.778. The summed E-state index contributed by atoms with van der Waals surface area (Å²) in [4.78, 5) is 22.3. The van der Waals surface area contributed by atoms with E-state index >= 15 is 0 Å². The normalized spacial score (nSPS) is 16.9. The second-order valence-electron chi connectivity index (χ2n) is 3.62. The van der Waals surface area contributed by atoms with Crippen molar-refractivity contribution in [3.8, 4) is 0 Å². The van der Waals surface area contributed by atoms with Gasteiger partial charge in [0.2, 0.25) is 5.91 Å². The SMILES string of the molecule is CCC(C)(NC(=O)C(C)CN)C(=O)O. The molecule has 0 saturated carbocycles. The van der Waals surface area contributed by atoms with Crippen molar-refractivity contribution in [2.24, 2.45) is 11.7 Å². The molecule has 82 valence electrons. The lowest BCUT2D eigenvalue weighted by atomic mass is 9.98. The molecule has 0 heterocycles. The Hall–Kier alpha value is -1.10. The molecule has 0 aromatic carbocycles. The number of carbonyl (C=O) groups is 2. The van der Waals surface area contributed by atoms with E-state index in [1.165, 1.54) is 6.92 Å². The minimum absolute atomic E-state index is 0.214. The maximum atomic E-state index is 11.4. The van der Waals surface area contributed by atoms with Crippen LogP contribution in [0.2, 0.25) is 0 Å². The summed E-state index contributed by atoms with van der Waals surface area (Å²) in [5.74, 6) is -1.71. The van der Waals surface area contributed by atoms with Crippen molar-refractivity contribution < 1.29 is 14.7 Å². The second kappa shape index (κ2) is 4.95. The molecule has 1 amide bonds. The molecule has 0 rings (SSSR count). The third-order valence-electron chi connectivity index (χ3n) is 2.38. The minimum atomic E-state index is -1.19. The lowest BCUT2D eigenvalue weighted by molar-refractivity contribution is -0.147. The van der Waals surface area contributed by atoms with Crippen LogP contribution < -0.4 is 11.1 Å². The lowest BCUT2D eigenvalue weighted by Gasteiger charge is -2.26. The first kappa shape index (κ1) is 12.9. The molecule has 4 N–H and O–H groups in total. The Morgan fingerprint density at radius 3 is 2.36 bits per heavy atom. The van der Waals surface area contributed by atoms with E-state index in [2.05, 4.69) is 5.32 Å². The average Bonchev–Trinajstić information content (AvgIpc) is 2.15. The van der Waals surface area contributed by atoms with E-state index in [4.69, 9.17) is 10.8 Å². The number of rotatable bonds is 5. The van der Waals surface area contributed by atoms with Gasteiger partial charge in [0.05, 0.1) is 0 Å². The van der Waals surface area contributed by atoms with Crippen molar-refractivity contribution >= 4 is 11.9 Å². The highest BCUT2D eigenvalue weighted by molar-refractivity contribution is 5.87. The van der Waals surface area contributed by atoms with Gasteiger partial charge in [-0.25, -0.2) is 4.79 Å². The second-order valence-corrected chi connectivity index (χ2v) is 3.62. The molecule has 2 atom stereocenters. The molecule has 0 fully saturated rings. The quantitative estimate of drug-likeness (QED) is 0.582. The summed E-state index contributed by atoms with van der Waals surface area (Å²) in [6, 6.07) is 0.